The number of unbranched alkanes of at least 4 members (excludes halogenated alkanes) is 2. The van der Waals surface area contributed by atoms with Crippen LogP contribution in [0.5, 0.6) is 0 Å². The molecule has 3 rings (SSSR count). The standard InChI is InChI=1S/C27H40N7O9P/c1-7-10-12-40-24(37)17(5)32-44(39,33-18(6)25(38)41-13-11-8-2)15-42-27(9-3)16(4)20(35)23(43-27)34-14-29-19-21(34)30-26(28)31-22(19)36/h3,14,17-18,20,23,35H,4,7-8,10-13,15H2,1-2,5-6H3,(H2,32,33,39)(H3,28,30,31,36)/t17-,18-,20?,23?,27?/m0/s1. The van der Waals surface area contributed by atoms with Gasteiger partial charge in [0.2, 0.25) is 13.4 Å². The second kappa shape index (κ2) is 14.9. The first-order chi connectivity index (χ1) is 20.8. The molecule has 5 atom stereocenters. The van der Waals surface area contributed by atoms with E-state index in [1.165, 1.54) is 24.7 Å². The van der Waals surface area contributed by atoms with E-state index < -0.39 is 61.5 Å². The zero-order chi connectivity index (χ0) is 32.7. The molecule has 3 heterocycles. The summed E-state index contributed by atoms with van der Waals surface area (Å²) in [6.45, 7) is 11.0. The van der Waals surface area contributed by atoms with E-state index in [4.69, 9.17) is 31.1 Å². The van der Waals surface area contributed by atoms with Gasteiger partial charge < -0.3 is 29.8 Å². The van der Waals surface area contributed by atoms with Gasteiger partial charge in [-0.05, 0) is 32.6 Å². The third kappa shape index (κ3) is 7.92. The molecule has 0 aromatic carbocycles. The largest absolute Gasteiger partial charge is 0.465 e. The second-order valence-electron chi connectivity index (χ2n) is 10.3. The van der Waals surface area contributed by atoms with E-state index in [2.05, 4.69) is 37.6 Å². The molecule has 1 aliphatic rings. The molecule has 16 nitrogen and oxygen atoms in total. The van der Waals surface area contributed by atoms with Gasteiger partial charge in [-0.3, -0.25) is 28.5 Å². The number of rotatable bonds is 16. The number of nitrogens with two attached hydrogens (primary N) is 1. The average molecular weight is 638 g/mol. The van der Waals surface area contributed by atoms with Crippen LogP contribution in [0.3, 0.4) is 0 Å². The second-order valence-corrected chi connectivity index (χ2v) is 12.5. The summed E-state index contributed by atoms with van der Waals surface area (Å²) >= 11 is 0. The lowest BCUT2D eigenvalue weighted by Gasteiger charge is -2.30. The lowest BCUT2D eigenvalue weighted by atomic mass is 10.1. The quantitative estimate of drug-likeness (QED) is 0.0575. The number of aromatic nitrogens is 4. The van der Waals surface area contributed by atoms with Gasteiger partial charge in [0, 0.05) is 5.57 Å². The van der Waals surface area contributed by atoms with Crippen LogP contribution in [0.1, 0.15) is 59.6 Å². The number of carbonyl (C=O) groups is 2. The Labute approximate surface area is 254 Å². The maximum atomic E-state index is 14.2. The Kier molecular flexibility index (Phi) is 11.8. The molecular weight excluding hydrogens is 597 g/mol. The number of anilines is 1. The minimum absolute atomic E-state index is 0.00394. The molecule has 0 radical (unpaired) electrons. The number of hydrogen-bond acceptors (Lipinski definition) is 12. The fourth-order valence-electron chi connectivity index (χ4n) is 4.22. The van der Waals surface area contributed by atoms with Crippen LogP contribution in [-0.2, 0) is 33.1 Å². The summed E-state index contributed by atoms with van der Waals surface area (Å²) in [5.74, 6) is -1.37. The van der Waals surface area contributed by atoms with Crippen molar-refractivity contribution in [3.05, 3.63) is 28.8 Å². The molecule has 0 saturated carbocycles. The number of nitrogen functional groups attached to an aromatic ring is 1. The van der Waals surface area contributed by atoms with E-state index >= 15 is 0 Å². The number of hydrogen-bond donors (Lipinski definition) is 5. The van der Waals surface area contributed by atoms with E-state index in [-0.39, 0.29) is 35.9 Å². The first-order valence-electron chi connectivity index (χ1n) is 14.2. The van der Waals surface area contributed by atoms with Crippen LogP contribution in [0.2, 0.25) is 0 Å². The van der Waals surface area contributed by atoms with Gasteiger partial charge in [0.15, 0.2) is 17.4 Å². The van der Waals surface area contributed by atoms with Crippen LogP contribution in [-0.4, -0.2) is 80.1 Å². The molecule has 2 aromatic heterocycles. The number of aliphatic hydroxyl groups excluding tert-OH is 1. The molecule has 17 heteroatoms. The van der Waals surface area contributed by atoms with Gasteiger partial charge in [0.1, 0.15) is 24.5 Å². The number of carbonyl (C=O) groups excluding carboxylic acids is 2. The summed E-state index contributed by atoms with van der Waals surface area (Å²) in [5.41, 5.74) is 4.87. The molecule has 2 aromatic rings. The third-order valence-electron chi connectivity index (χ3n) is 6.70. The van der Waals surface area contributed by atoms with Crippen molar-refractivity contribution in [1.82, 2.24) is 29.7 Å². The number of imidazole rings is 1. The van der Waals surface area contributed by atoms with Gasteiger partial charge >= 0.3 is 11.9 Å². The molecule has 44 heavy (non-hydrogen) atoms. The van der Waals surface area contributed by atoms with Crippen molar-refractivity contribution < 1.29 is 38.2 Å². The number of aromatic amines is 1. The molecule has 242 valence electrons. The highest BCUT2D eigenvalue weighted by Gasteiger charge is 2.52. The van der Waals surface area contributed by atoms with Crippen LogP contribution >= 0.6 is 7.44 Å². The summed E-state index contributed by atoms with van der Waals surface area (Å²) in [6.07, 6.45) is 6.35. The van der Waals surface area contributed by atoms with Crippen LogP contribution in [0, 0.1) is 12.3 Å². The maximum Gasteiger partial charge on any atom is 0.323 e. The fraction of sp³-hybridized carbons (Fsp3) is 0.593. The van der Waals surface area contributed by atoms with Crippen molar-refractivity contribution in [1.29, 1.82) is 0 Å². The Hall–Kier alpha value is -3.58. The molecule has 1 aliphatic heterocycles. The maximum absolute atomic E-state index is 14.2. The molecule has 1 saturated heterocycles. The molecule has 0 aliphatic carbocycles. The lowest BCUT2D eigenvalue weighted by Crippen LogP contribution is -2.44. The molecule has 0 bridgehead atoms. The fourth-order valence-corrected chi connectivity index (χ4v) is 6.27. The monoisotopic (exact) mass is 637 g/mol. The summed E-state index contributed by atoms with van der Waals surface area (Å²) < 4.78 is 37.7. The SMILES string of the molecule is C#CC1(OCP(=O)(N[C@@H](C)C(=O)OCCCC)N[C@@H](C)C(=O)OCCCC)OC(n2cnc3c(=O)[nH]c(N)nc32)C(O)C1=C. The number of H-pyrrole nitrogens is 1. The van der Waals surface area contributed by atoms with Crippen LogP contribution in [0.25, 0.3) is 11.2 Å². The zero-order valence-corrected chi connectivity index (χ0v) is 26.1. The predicted molar refractivity (Wildman–Crippen MR) is 160 cm³/mol. The lowest BCUT2D eigenvalue weighted by molar-refractivity contribution is -0.181. The van der Waals surface area contributed by atoms with Gasteiger partial charge in [-0.25, -0.2) is 15.2 Å². The van der Waals surface area contributed by atoms with Gasteiger partial charge in [-0.15, -0.1) is 6.42 Å². The van der Waals surface area contributed by atoms with Gasteiger partial charge in [-0.1, -0.05) is 33.3 Å². The van der Waals surface area contributed by atoms with Gasteiger partial charge in [0.25, 0.3) is 11.3 Å². The van der Waals surface area contributed by atoms with E-state index in [1.54, 1.807) is 0 Å². The third-order valence-corrected chi connectivity index (χ3v) is 8.80. The Bertz CT molecular complexity index is 1470. The Balaban J connectivity index is 1.86. The summed E-state index contributed by atoms with van der Waals surface area (Å²) in [6, 6.07) is -2.17. The molecule has 0 spiro atoms. The highest BCUT2D eigenvalue weighted by molar-refractivity contribution is 7.59. The topological polar surface area (TPSA) is 222 Å². The minimum Gasteiger partial charge on any atom is -0.465 e. The highest BCUT2D eigenvalue weighted by atomic mass is 31.2. The smallest absolute Gasteiger partial charge is 0.323 e. The zero-order valence-electron chi connectivity index (χ0n) is 25.2. The van der Waals surface area contributed by atoms with Gasteiger partial charge in [-0.2, -0.15) is 4.98 Å². The summed E-state index contributed by atoms with van der Waals surface area (Å²) in [5, 5.41) is 16.4. The van der Waals surface area contributed by atoms with E-state index in [0.717, 1.165) is 12.8 Å². The number of esters is 2. The molecular formula is C27H40N7O9P. The van der Waals surface area contributed by atoms with Crippen molar-refractivity contribution in [2.24, 2.45) is 0 Å². The number of aliphatic hydroxyl groups is 1. The van der Waals surface area contributed by atoms with Crippen molar-refractivity contribution in [3.63, 3.8) is 0 Å². The Morgan fingerprint density at radius 1 is 1.25 bits per heavy atom. The molecule has 1 fully saturated rings. The van der Waals surface area contributed by atoms with Crippen molar-refractivity contribution in [2.45, 2.75) is 83.6 Å². The van der Waals surface area contributed by atoms with E-state index in [1.807, 2.05) is 13.8 Å². The number of fused-ring (bicyclic) bond motifs is 1. The van der Waals surface area contributed by atoms with E-state index in [0.29, 0.717) is 12.8 Å². The first-order valence-corrected chi connectivity index (χ1v) is 16.1. The molecule has 6 N–H and O–H groups in total. The van der Waals surface area contributed by atoms with Crippen LogP contribution in [0.4, 0.5) is 5.95 Å². The average Bonchev–Trinajstić information content (AvgIpc) is 3.50. The first kappa shape index (κ1) is 34.9. The van der Waals surface area contributed by atoms with Crippen LogP contribution in [0.15, 0.2) is 23.3 Å². The summed E-state index contributed by atoms with van der Waals surface area (Å²) in [4.78, 5) is 47.8. The van der Waals surface area contributed by atoms with E-state index in [9.17, 15) is 24.1 Å². The Morgan fingerprint density at radius 3 is 2.34 bits per heavy atom. The minimum atomic E-state index is -4.02. The number of ether oxygens (including phenoxy) is 4. The van der Waals surface area contributed by atoms with Crippen molar-refractivity contribution in [3.8, 4) is 12.3 Å². The highest BCUT2D eigenvalue weighted by Crippen LogP contribution is 2.46. The van der Waals surface area contributed by atoms with Gasteiger partial charge in [0.05, 0.1) is 19.5 Å². The summed E-state index contributed by atoms with van der Waals surface area (Å²) in [7, 11) is -4.02. The predicted octanol–water partition coefficient (Wildman–Crippen LogP) is 1.29. The number of terminal acetylenes is 1. The van der Waals surface area contributed by atoms with Crippen molar-refractivity contribution >= 4 is 36.5 Å². The normalized spacial score (nSPS) is 21.6. The Morgan fingerprint density at radius 2 is 1.82 bits per heavy atom. The molecule has 3 unspecified atom stereocenters. The van der Waals surface area contributed by atoms with Crippen LogP contribution < -0.4 is 21.5 Å². The number of nitrogens with zero attached hydrogens (tertiary/aromatic N) is 3. The number of nitrogens with one attached hydrogen (secondary N) is 3. The molecule has 0 amide bonds. The van der Waals surface area contributed by atoms with Crippen molar-refractivity contribution in [2.75, 3.05) is 25.3 Å².